The van der Waals surface area contributed by atoms with Crippen molar-refractivity contribution in [3.05, 3.63) is 25.3 Å². The third kappa shape index (κ3) is 4.36. The molecule has 3 nitrogen and oxygen atoms in total. The molecule has 0 unspecified atom stereocenters. The first-order chi connectivity index (χ1) is 5.02. The first-order valence-electron chi connectivity index (χ1n) is 2.91. The van der Waals surface area contributed by atoms with Gasteiger partial charge < -0.3 is 0 Å². The molecule has 0 heterocycles. The first-order valence-corrected chi connectivity index (χ1v) is 6.46. The van der Waals surface area contributed by atoms with Crippen LogP contribution in [0.25, 0.3) is 0 Å². The Bertz CT molecular complexity index is 241. The second-order valence-electron chi connectivity index (χ2n) is 1.80. The third-order valence-corrected chi connectivity index (χ3v) is 5.40. The van der Waals surface area contributed by atoms with Crippen LogP contribution in [0.1, 0.15) is 0 Å². The molecule has 0 atom stereocenters. The molecule has 5 heteroatoms. The molecular formula is C6H12O3S2. The van der Waals surface area contributed by atoms with Crippen LogP contribution < -0.4 is 0 Å². The van der Waals surface area contributed by atoms with Crippen molar-refractivity contribution in [1.29, 1.82) is 0 Å². The fraction of sp³-hybridized carbons (Fsp3) is 0.333. The fourth-order valence-corrected chi connectivity index (χ4v) is 3.17. The number of hydrogen-bond acceptors (Lipinski definition) is 1. The Hall–Kier alpha value is -0.100. The maximum Gasteiger partial charge on any atom is 0.224 e. The lowest BCUT2D eigenvalue weighted by Gasteiger charge is -2.03. The second kappa shape index (κ2) is 4.71. The molecule has 0 spiro atoms. The average molecular weight is 196 g/mol. The van der Waals surface area contributed by atoms with Gasteiger partial charge in [0.15, 0.2) is 0 Å². The zero-order valence-corrected chi connectivity index (χ0v) is 7.74. The van der Waals surface area contributed by atoms with Crippen molar-refractivity contribution in [3.8, 4) is 0 Å². The van der Waals surface area contributed by atoms with Gasteiger partial charge in [-0.1, -0.05) is 21.6 Å². The fourth-order valence-electron chi connectivity index (χ4n) is 0.508. The van der Waals surface area contributed by atoms with Gasteiger partial charge in [0, 0.05) is 11.5 Å². The molecule has 0 aliphatic heterocycles. The maximum absolute atomic E-state index is 10.7. The molecule has 66 valence electrons. The Balaban J connectivity index is 4.73. The highest BCUT2D eigenvalue weighted by atomic mass is 32.9. The van der Waals surface area contributed by atoms with Crippen molar-refractivity contribution in [2.75, 3.05) is 11.5 Å². The molecule has 2 N–H and O–H groups in total. The molecule has 0 aliphatic rings. The van der Waals surface area contributed by atoms with Crippen LogP contribution in [-0.4, -0.2) is 24.8 Å². The van der Waals surface area contributed by atoms with Crippen molar-refractivity contribution in [3.63, 3.8) is 0 Å². The highest BCUT2D eigenvalue weighted by Gasteiger charge is 2.02. The van der Waals surface area contributed by atoms with Gasteiger partial charge >= 0.3 is 0 Å². The Morgan fingerprint density at radius 1 is 1.27 bits per heavy atom. The van der Waals surface area contributed by atoms with Gasteiger partial charge in [0.2, 0.25) is 9.05 Å². The van der Waals surface area contributed by atoms with Gasteiger partial charge in [0.05, 0.1) is 0 Å². The first kappa shape index (κ1) is 10.9. The summed E-state index contributed by atoms with van der Waals surface area (Å²) in [7, 11) is -4.59. The molecule has 0 saturated carbocycles. The van der Waals surface area contributed by atoms with Crippen LogP contribution in [0.5, 0.6) is 0 Å². The van der Waals surface area contributed by atoms with Gasteiger partial charge in [-0.3, -0.25) is 9.11 Å². The molecule has 0 rings (SSSR count). The van der Waals surface area contributed by atoms with E-state index in [0.29, 0.717) is 11.5 Å². The van der Waals surface area contributed by atoms with Gasteiger partial charge in [-0.05, 0) is 0 Å². The lowest BCUT2D eigenvalue weighted by molar-refractivity contribution is 0.450. The summed E-state index contributed by atoms with van der Waals surface area (Å²) in [5.41, 5.74) is 0. The van der Waals surface area contributed by atoms with E-state index in [9.17, 15) is 4.21 Å². The van der Waals surface area contributed by atoms with Gasteiger partial charge in [-0.2, -0.15) is 0 Å². The minimum Gasteiger partial charge on any atom is -0.289 e. The van der Waals surface area contributed by atoms with Gasteiger partial charge in [-0.25, -0.2) is 4.21 Å². The van der Waals surface area contributed by atoms with E-state index in [1.165, 1.54) is 12.2 Å². The van der Waals surface area contributed by atoms with Crippen LogP contribution in [0, 0.1) is 0 Å². The topological polar surface area (TPSA) is 57.5 Å². The summed E-state index contributed by atoms with van der Waals surface area (Å²) in [5.74, 6) is 0.690. The minimum atomic E-state index is -3.65. The quantitative estimate of drug-likeness (QED) is 0.662. The van der Waals surface area contributed by atoms with Crippen LogP contribution in [0.15, 0.2) is 25.3 Å². The predicted octanol–water partition coefficient (Wildman–Crippen LogP) is 1.12. The molecular weight excluding hydrogens is 184 g/mol. The second-order valence-corrected chi connectivity index (χ2v) is 6.96. The average Bonchev–Trinajstić information content (AvgIpc) is 1.85. The Morgan fingerprint density at radius 2 is 1.64 bits per heavy atom. The number of rotatable bonds is 4. The van der Waals surface area contributed by atoms with E-state index in [-0.39, 0.29) is 0 Å². The highest BCUT2D eigenvalue weighted by molar-refractivity contribution is 8.42. The van der Waals surface area contributed by atoms with E-state index in [1.807, 2.05) is 0 Å². The maximum atomic E-state index is 10.7. The van der Waals surface area contributed by atoms with Crippen LogP contribution >= 0.6 is 0 Å². The Labute approximate surface area is 69.1 Å². The summed E-state index contributed by atoms with van der Waals surface area (Å²) in [5, 5.41) is 0. The summed E-state index contributed by atoms with van der Waals surface area (Å²) in [6.45, 7) is 6.84. The third-order valence-electron chi connectivity index (χ3n) is 0.915. The Morgan fingerprint density at radius 3 is 1.82 bits per heavy atom. The summed E-state index contributed by atoms with van der Waals surface area (Å²) in [6.07, 6.45) is 3.03. The van der Waals surface area contributed by atoms with Crippen LogP contribution in [0.2, 0.25) is 0 Å². The van der Waals surface area contributed by atoms with Crippen LogP contribution in [0.4, 0.5) is 0 Å². The molecule has 0 saturated heterocycles. The molecule has 0 amide bonds. The summed E-state index contributed by atoms with van der Waals surface area (Å²) in [6, 6.07) is 0. The van der Waals surface area contributed by atoms with E-state index >= 15 is 0 Å². The van der Waals surface area contributed by atoms with Crippen LogP contribution in [0.3, 0.4) is 0 Å². The zero-order valence-electron chi connectivity index (χ0n) is 6.10. The zero-order chi connectivity index (χ0) is 8.91. The smallest absolute Gasteiger partial charge is 0.224 e. The summed E-state index contributed by atoms with van der Waals surface area (Å²) < 4.78 is 28.2. The van der Waals surface area contributed by atoms with E-state index < -0.39 is 18.5 Å². The number of hydrogen-bond donors (Lipinski definition) is 2. The van der Waals surface area contributed by atoms with E-state index in [1.54, 1.807) is 0 Å². The van der Waals surface area contributed by atoms with Crippen molar-refractivity contribution >= 4 is 18.5 Å². The molecule has 0 bridgehead atoms. The van der Waals surface area contributed by atoms with Crippen LogP contribution in [-0.2, 0) is 18.5 Å². The molecule has 0 radical (unpaired) electrons. The van der Waals surface area contributed by atoms with E-state index in [4.69, 9.17) is 9.11 Å². The molecule has 0 aromatic rings. The molecule has 0 fully saturated rings. The van der Waals surface area contributed by atoms with Crippen molar-refractivity contribution in [2.45, 2.75) is 0 Å². The molecule has 11 heavy (non-hydrogen) atoms. The van der Waals surface area contributed by atoms with Gasteiger partial charge in [-0.15, -0.1) is 13.2 Å². The predicted molar refractivity (Wildman–Crippen MR) is 50.9 cm³/mol. The SMILES string of the molecule is C=CCS(CC=C)=S(=O)(O)O. The van der Waals surface area contributed by atoms with Crippen molar-refractivity contribution in [1.82, 2.24) is 0 Å². The minimum absolute atomic E-state index is 0.345. The highest BCUT2D eigenvalue weighted by Crippen LogP contribution is 1.95. The van der Waals surface area contributed by atoms with E-state index in [2.05, 4.69) is 13.2 Å². The standard InChI is InChI=1S/C6H12O3S2/c1-3-5-10(6-4-2)11(7,8)9/h3-4H,1-2,5-6H2,(H2,7,8,9). The van der Waals surface area contributed by atoms with Crippen molar-refractivity contribution < 1.29 is 13.3 Å². The lowest BCUT2D eigenvalue weighted by Crippen LogP contribution is -2.11. The molecule has 0 aromatic carbocycles. The monoisotopic (exact) mass is 196 g/mol. The molecule has 0 aromatic heterocycles. The normalized spacial score (nSPS) is 11.5. The summed E-state index contributed by atoms with van der Waals surface area (Å²) in [4.78, 5) is 0. The largest absolute Gasteiger partial charge is 0.289 e. The van der Waals surface area contributed by atoms with Gasteiger partial charge in [0.1, 0.15) is 0 Å². The lowest BCUT2D eigenvalue weighted by atomic mass is 10.8. The van der Waals surface area contributed by atoms with Gasteiger partial charge in [0.25, 0.3) is 0 Å². The van der Waals surface area contributed by atoms with Crippen molar-refractivity contribution in [2.24, 2.45) is 0 Å². The summed E-state index contributed by atoms with van der Waals surface area (Å²) >= 11 is 0. The van der Waals surface area contributed by atoms with E-state index in [0.717, 1.165) is 0 Å². The Kier molecular flexibility index (Phi) is 4.67. The molecule has 0 aliphatic carbocycles.